The van der Waals surface area contributed by atoms with Crippen LogP contribution in [0.25, 0.3) is 0 Å². The summed E-state index contributed by atoms with van der Waals surface area (Å²) < 4.78 is 0. The predicted molar refractivity (Wildman–Crippen MR) is 38.4 cm³/mol. The Bertz CT molecular complexity index is 106. The van der Waals surface area contributed by atoms with Gasteiger partial charge in [-0.2, -0.15) is 0 Å². The maximum Gasteiger partial charge on any atom is 0.216 e. The minimum Gasteiger partial charge on any atom is -0.392 e. The van der Waals surface area contributed by atoms with Crippen molar-refractivity contribution in [2.45, 2.75) is 19.4 Å². The van der Waals surface area contributed by atoms with Crippen LogP contribution in [-0.2, 0) is 4.79 Å². The second kappa shape index (κ2) is 5.20. The molecule has 0 spiro atoms. The van der Waals surface area contributed by atoms with Crippen LogP contribution in [0.15, 0.2) is 0 Å². The first-order valence-corrected chi connectivity index (χ1v) is 3.29. The molecule has 4 N–H and O–H groups in total. The van der Waals surface area contributed by atoms with Gasteiger partial charge in [0.2, 0.25) is 5.91 Å². The van der Waals surface area contributed by atoms with E-state index in [-0.39, 0.29) is 12.5 Å². The molecule has 4 heteroatoms. The number of hydrogen-bond donors (Lipinski definition) is 3. The number of amides is 1. The molecule has 1 amide bonds. The van der Waals surface area contributed by atoms with Gasteiger partial charge in [-0.05, 0) is 6.42 Å². The molecule has 10 heavy (non-hydrogen) atoms. The summed E-state index contributed by atoms with van der Waals surface area (Å²) in [6, 6.07) is 0. The van der Waals surface area contributed by atoms with Gasteiger partial charge < -0.3 is 16.2 Å². The van der Waals surface area contributed by atoms with E-state index in [1.165, 1.54) is 6.92 Å². The van der Waals surface area contributed by atoms with Gasteiger partial charge in [0, 0.05) is 20.0 Å². The lowest BCUT2D eigenvalue weighted by Gasteiger charge is -2.06. The summed E-state index contributed by atoms with van der Waals surface area (Å²) in [7, 11) is 0. The van der Waals surface area contributed by atoms with Gasteiger partial charge in [-0.25, -0.2) is 0 Å². The molecule has 0 saturated heterocycles. The molecule has 1 unspecified atom stereocenters. The van der Waals surface area contributed by atoms with Crippen LogP contribution in [0.1, 0.15) is 13.3 Å². The van der Waals surface area contributed by atoms with E-state index in [2.05, 4.69) is 5.32 Å². The van der Waals surface area contributed by atoms with Crippen molar-refractivity contribution < 1.29 is 9.90 Å². The maximum absolute atomic E-state index is 10.3. The van der Waals surface area contributed by atoms with E-state index in [4.69, 9.17) is 10.8 Å². The largest absolute Gasteiger partial charge is 0.392 e. The smallest absolute Gasteiger partial charge is 0.216 e. The molecule has 0 radical (unpaired) electrons. The molecule has 0 fully saturated rings. The molecule has 4 nitrogen and oxygen atoms in total. The standard InChI is InChI=1S/C6H14N2O2/c1-5(9)8-3-2-6(10)4-7/h6,10H,2-4,7H2,1H3,(H,8,9). The molecule has 0 aliphatic heterocycles. The van der Waals surface area contributed by atoms with Crippen molar-refractivity contribution in [3.05, 3.63) is 0 Å². The van der Waals surface area contributed by atoms with E-state index in [1.807, 2.05) is 0 Å². The van der Waals surface area contributed by atoms with Gasteiger partial charge in [0.15, 0.2) is 0 Å². The fraction of sp³-hybridized carbons (Fsp3) is 0.833. The molecule has 0 rings (SSSR count). The van der Waals surface area contributed by atoms with Gasteiger partial charge in [-0.1, -0.05) is 0 Å². The van der Waals surface area contributed by atoms with Crippen molar-refractivity contribution in [2.24, 2.45) is 5.73 Å². The summed E-state index contributed by atoms with van der Waals surface area (Å²) in [6.07, 6.45) is 0.0302. The topological polar surface area (TPSA) is 75.3 Å². The third-order valence-corrected chi connectivity index (χ3v) is 1.12. The highest BCUT2D eigenvalue weighted by molar-refractivity contribution is 5.72. The zero-order chi connectivity index (χ0) is 7.98. The van der Waals surface area contributed by atoms with Crippen LogP contribution in [0, 0.1) is 0 Å². The molecular weight excluding hydrogens is 132 g/mol. The van der Waals surface area contributed by atoms with E-state index in [9.17, 15) is 4.79 Å². The van der Waals surface area contributed by atoms with Crippen molar-refractivity contribution in [3.63, 3.8) is 0 Å². The number of aliphatic hydroxyl groups is 1. The quantitative estimate of drug-likeness (QED) is 0.468. The van der Waals surface area contributed by atoms with Crippen molar-refractivity contribution in [1.82, 2.24) is 5.32 Å². The van der Waals surface area contributed by atoms with Crippen LogP contribution in [0.5, 0.6) is 0 Å². The average molecular weight is 146 g/mol. The second-order valence-corrected chi connectivity index (χ2v) is 2.16. The van der Waals surface area contributed by atoms with Crippen molar-refractivity contribution in [1.29, 1.82) is 0 Å². The van der Waals surface area contributed by atoms with Crippen LogP contribution in [-0.4, -0.2) is 30.2 Å². The highest BCUT2D eigenvalue weighted by Crippen LogP contribution is 1.84. The number of nitrogens with two attached hydrogens (primary N) is 1. The highest BCUT2D eigenvalue weighted by Gasteiger charge is 1.99. The summed E-state index contributed by atoms with van der Waals surface area (Å²) in [6.45, 7) is 2.18. The molecule has 60 valence electrons. The minimum atomic E-state index is -0.494. The third kappa shape index (κ3) is 5.53. The number of carbonyl (C=O) groups is 1. The molecule has 1 atom stereocenters. The number of nitrogens with one attached hydrogen (secondary N) is 1. The molecule has 0 aliphatic carbocycles. The first-order valence-electron chi connectivity index (χ1n) is 3.29. The van der Waals surface area contributed by atoms with E-state index < -0.39 is 6.10 Å². The van der Waals surface area contributed by atoms with E-state index in [0.717, 1.165) is 0 Å². The molecule has 0 aromatic heterocycles. The zero-order valence-electron chi connectivity index (χ0n) is 6.13. The van der Waals surface area contributed by atoms with Crippen molar-refractivity contribution in [3.8, 4) is 0 Å². The Morgan fingerprint density at radius 3 is 2.80 bits per heavy atom. The summed E-state index contributed by atoms with van der Waals surface area (Å²) >= 11 is 0. The molecule has 0 saturated carbocycles. The Kier molecular flexibility index (Phi) is 4.88. The Morgan fingerprint density at radius 1 is 1.80 bits per heavy atom. The van der Waals surface area contributed by atoms with Gasteiger partial charge in [0.25, 0.3) is 0 Å². The molecular formula is C6H14N2O2. The van der Waals surface area contributed by atoms with Crippen LogP contribution in [0.4, 0.5) is 0 Å². The Balaban J connectivity index is 3.11. The number of hydrogen-bond acceptors (Lipinski definition) is 3. The highest BCUT2D eigenvalue weighted by atomic mass is 16.3. The van der Waals surface area contributed by atoms with Gasteiger partial charge in [-0.15, -0.1) is 0 Å². The van der Waals surface area contributed by atoms with Gasteiger partial charge in [0.1, 0.15) is 0 Å². The first kappa shape index (κ1) is 9.39. The van der Waals surface area contributed by atoms with E-state index >= 15 is 0 Å². The summed E-state index contributed by atoms with van der Waals surface area (Å²) in [4.78, 5) is 10.3. The lowest BCUT2D eigenvalue weighted by molar-refractivity contribution is -0.119. The van der Waals surface area contributed by atoms with E-state index in [1.54, 1.807) is 0 Å². The third-order valence-electron chi connectivity index (χ3n) is 1.12. The van der Waals surface area contributed by atoms with Crippen molar-refractivity contribution in [2.75, 3.05) is 13.1 Å². The van der Waals surface area contributed by atoms with Gasteiger partial charge >= 0.3 is 0 Å². The number of aliphatic hydroxyl groups excluding tert-OH is 1. The van der Waals surface area contributed by atoms with E-state index in [0.29, 0.717) is 13.0 Å². The summed E-state index contributed by atoms with van der Waals surface area (Å²) in [5, 5.41) is 11.5. The van der Waals surface area contributed by atoms with Gasteiger partial charge in [0.05, 0.1) is 6.10 Å². The Labute approximate surface area is 60.4 Å². The summed E-state index contributed by atoms with van der Waals surface area (Å²) in [5.74, 6) is -0.0794. The number of rotatable bonds is 4. The Hall–Kier alpha value is -0.610. The molecule has 0 heterocycles. The van der Waals surface area contributed by atoms with Crippen LogP contribution >= 0.6 is 0 Å². The lowest BCUT2D eigenvalue weighted by Crippen LogP contribution is -2.28. The monoisotopic (exact) mass is 146 g/mol. The predicted octanol–water partition coefficient (Wildman–Crippen LogP) is -1.17. The van der Waals surface area contributed by atoms with Crippen LogP contribution in [0.2, 0.25) is 0 Å². The second-order valence-electron chi connectivity index (χ2n) is 2.16. The molecule has 0 aromatic carbocycles. The van der Waals surface area contributed by atoms with Crippen molar-refractivity contribution >= 4 is 5.91 Å². The normalized spacial score (nSPS) is 12.7. The molecule has 0 aromatic rings. The molecule has 0 bridgehead atoms. The lowest BCUT2D eigenvalue weighted by atomic mass is 10.2. The fourth-order valence-electron chi connectivity index (χ4n) is 0.533. The maximum atomic E-state index is 10.3. The average Bonchev–Trinajstić information content (AvgIpc) is 1.87. The Morgan fingerprint density at radius 2 is 2.40 bits per heavy atom. The SMILES string of the molecule is CC(=O)NCCC(O)CN. The first-order chi connectivity index (χ1) is 4.66. The van der Waals surface area contributed by atoms with Crippen LogP contribution in [0.3, 0.4) is 0 Å². The van der Waals surface area contributed by atoms with Gasteiger partial charge in [-0.3, -0.25) is 4.79 Å². The zero-order valence-corrected chi connectivity index (χ0v) is 6.13. The van der Waals surface area contributed by atoms with Crippen LogP contribution < -0.4 is 11.1 Å². The fourth-order valence-corrected chi connectivity index (χ4v) is 0.533. The number of carbonyl (C=O) groups excluding carboxylic acids is 1. The molecule has 0 aliphatic rings. The summed E-state index contributed by atoms with van der Waals surface area (Å²) in [5.41, 5.74) is 5.13. The minimum absolute atomic E-state index is 0.0794.